The molecule has 0 radical (unpaired) electrons. The summed E-state index contributed by atoms with van der Waals surface area (Å²) in [7, 11) is 0. The molecule has 0 aliphatic carbocycles. The van der Waals surface area contributed by atoms with Crippen molar-refractivity contribution in [3.63, 3.8) is 0 Å². The van der Waals surface area contributed by atoms with Gasteiger partial charge in [-0.3, -0.25) is 14.9 Å². The molecule has 0 amide bonds. The van der Waals surface area contributed by atoms with E-state index in [-0.39, 0.29) is 18.0 Å². The van der Waals surface area contributed by atoms with Gasteiger partial charge < -0.3 is 10.1 Å². The largest absolute Gasteiger partial charge is 0.481 e. The Hall–Kier alpha value is -3.15. The van der Waals surface area contributed by atoms with Crippen LogP contribution in [0.2, 0.25) is 0 Å². The number of nitrogens with zero attached hydrogens (tertiary/aromatic N) is 1. The molecule has 2 aromatic carbocycles. The molecule has 0 aliphatic rings. The molecule has 0 bridgehead atoms. The van der Waals surface area contributed by atoms with E-state index in [1.807, 2.05) is 24.4 Å². The van der Waals surface area contributed by atoms with Gasteiger partial charge in [0.2, 0.25) is 0 Å². The summed E-state index contributed by atoms with van der Waals surface area (Å²) in [5.41, 5.74) is 3.81. The molecule has 3 aromatic rings. The van der Waals surface area contributed by atoms with Gasteiger partial charge in [0.05, 0.1) is 11.3 Å². The summed E-state index contributed by atoms with van der Waals surface area (Å²) in [5.74, 6) is -1.29. The summed E-state index contributed by atoms with van der Waals surface area (Å²) < 4.78 is 0. The van der Waals surface area contributed by atoms with E-state index in [4.69, 9.17) is 0 Å². The topological polar surface area (TPSA) is 96.2 Å². The number of aromatic amines is 1. The van der Waals surface area contributed by atoms with Gasteiger partial charge >= 0.3 is 5.97 Å². The van der Waals surface area contributed by atoms with Gasteiger partial charge in [0.25, 0.3) is 5.69 Å². The SMILES string of the molecule is CCc1cccc2c([C@H](CC(=O)O)c3ccc([N+](=O)[O-])cc3)c[nH]c12. The molecule has 0 spiro atoms. The standard InChI is InChI=1S/C19H18N2O4/c1-2-12-4-3-5-15-17(11-20-19(12)15)16(10-18(22)23)13-6-8-14(9-7-13)21(24)25/h3-9,11,16,20H,2,10H2,1H3,(H,22,23)/t16-/m1/s1. The van der Waals surface area contributed by atoms with Crippen molar-refractivity contribution in [2.24, 2.45) is 0 Å². The number of nitro groups is 1. The van der Waals surface area contributed by atoms with E-state index in [1.54, 1.807) is 12.1 Å². The van der Waals surface area contributed by atoms with Gasteiger partial charge in [-0.15, -0.1) is 0 Å². The molecule has 25 heavy (non-hydrogen) atoms. The van der Waals surface area contributed by atoms with E-state index in [2.05, 4.69) is 11.9 Å². The number of benzene rings is 2. The van der Waals surface area contributed by atoms with Gasteiger partial charge in [-0.25, -0.2) is 0 Å². The van der Waals surface area contributed by atoms with E-state index in [0.717, 1.165) is 28.5 Å². The van der Waals surface area contributed by atoms with E-state index < -0.39 is 10.9 Å². The maximum atomic E-state index is 11.4. The number of fused-ring (bicyclic) bond motifs is 1. The fourth-order valence-corrected chi connectivity index (χ4v) is 3.23. The number of carboxylic acid groups (broad SMARTS) is 1. The zero-order chi connectivity index (χ0) is 18.0. The minimum atomic E-state index is -0.913. The fourth-order valence-electron chi connectivity index (χ4n) is 3.23. The first-order valence-electron chi connectivity index (χ1n) is 8.06. The predicted octanol–water partition coefficient (Wildman–Crippen LogP) is 4.25. The number of carbonyl (C=O) groups is 1. The first-order valence-corrected chi connectivity index (χ1v) is 8.06. The van der Waals surface area contributed by atoms with Crippen molar-refractivity contribution in [1.29, 1.82) is 0 Å². The van der Waals surface area contributed by atoms with Crippen molar-refractivity contribution in [2.45, 2.75) is 25.7 Å². The van der Waals surface area contributed by atoms with Crippen LogP contribution in [0.25, 0.3) is 10.9 Å². The summed E-state index contributed by atoms with van der Waals surface area (Å²) in [6.45, 7) is 2.07. The van der Waals surface area contributed by atoms with Crippen LogP contribution in [-0.4, -0.2) is 21.0 Å². The van der Waals surface area contributed by atoms with Crippen LogP contribution in [-0.2, 0) is 11.2 Å². The molecule has 1 atom stereocenters. The molecule has 0 saturated heterocycles. The molecule has 1 heterocycles. The Balaban J connectivity index is 2.10. The van der Waals surface area contributed by atoms with E-state index >= 15 is 0 Å². The van der Waals surface area contributed by atoms with Crippen molar-refractivity contribution in [1.82, 2.24) is 4.98 Å². The Kier molecular flexibility index (Phi) is 4.52. The molecular weight excluding hydrogens is 320 g/mol. The lowest BCUT2D eigenvalue weighted by Gasteiger charge is -2.15. The van der Waals surface area contributed by atoms with Crippen LogP contribution in [0.1, 0.15) is 36.0 Å². The minimum Gasteiger partial charge on any atom is -0.481 e. The monoisotopic (exact) mass is 338 g/mol. The molecule has 6 heteroatoms. The van der Waals surface area contributed by atoms with Gasteiger partial charge in [0.1, 0.15) is 0 Å². The number of hydrogen-bond donors (Lipinski definition) is 2. The Morgan fingerprint density at radius 3 is 2.56 bits per heavy atom. The highest BCUT2D eigenvalue weighted by Gasteiger charge is 2.22. The smallest absolute Gasteiger partial charge is 0.304 e. The second-order valence-electron chi connectivity index (χ2n) is 5.94. The number of carboxylic acids is 1. The summed E-state index contributed by atoms with van der Waals surface area (Å²) in [6, 6.07) is 12.1. The van der Waals surface area contributed by atoms with Gasteiger partial charge in [-0.1, -0.05) is 37.3 Å². The molecule has 0 unspecified atom stereocenters. The molecule has 0 aliphatic heterocycles. The number of non-ortho nitro benzene ring substituents is 1. The number of aryl methyl sites for hydroxylation is 1. The lowest BCUT2D eigenvalue weighted by atomic mass is 9.88. The van der Waals surface area contributed by atoms with Crippen LogP contribution >= 0.6 is 0 Å². The van der Waals surface area contributed by atoms with E-state index in [9.17, 15) is 20.0 Å². The maximum Gasteiger partial charge on any atom is 0.304 e. The average molecular weight is 338 g/mol. The second kappa shape index (κ2) is 6.76. The van der Waals surface area contributed by atoms with Crippen LogP contribution in [0.4, 0.5) is 5.69 Å². The molecule has 0 fully saturated rings. The quantitative estimate of drug-likeness (QED) is 0.519. The zero-order valence-electron chi connectivity index (χ0n) is 13.7. The summed E-state index contributed by atoms with van der Waals surface area (Å²) in [5, 5.41) is 21.2. The number of aromatic nitrogens is 1. The molecule has 3 rings (SSSR count). The third-order valence-electron chi connectivity index (χ3n) is 4.48. The van der Waals surface area contributed by atoms with Crippen LogP contribution in [0, 0.1) is 10.1 Å². The van der Waals surface area contributed by atoms with Crippen LogP contribution < -0.4 is 0 Å². The Morgan fingerprint density at radius 2 is 1.96 bits per heavy atom. The van der Waals surface area contributed by atoms with Gasteiger partial charge in [-0.2, -0.15) is 0 Å². The van der Waals surface area contributed by atoms with Crippen LogP contribution in [0.3, 0.4) is 0 Å². The van der Waals surface area contributed by atoms with Gasteiger partial charge in [0.15, 0.2) is 0 Å². The predicted molar refractivity (Wildman–Crippen MR) is 94.9 cm³/mol. The Labute approximate surface area is 144 Å². The highest BCUT2D eigenvalue weighted by atomic mass is 16.6. The normalized spacial score (nSPS) is 12.2. The first kappa shape index (κ1) is 16.7. The molecule has 6 nitrogen and oxygen atoms in total. The third kappa shape index (κ3) is 3.24. The van der Waals surface area contributed by atoms with Crippen LogP contribution in [0.5, 0.6) is 0 Å². The zero-order valence-corrected chi connectivity index (χ0v) is 13.7. The number of para-hydroxylation sites is 1. The Bertz CT molecular complexity index is 928. The number of aliphatic carboxylic acids is 1. The number of hydrogen-bond acceptors (Lipinski definition) is 3. The molecule has 128 valence electrons. The van der Waals surface area contributed by atoms with Crippen molar-refractivity contribution in [2.75, 3.05) is 0 Å². The fraction of sp³-hybridized carbons (Fsp3) is 0.211. The van der Waals surface area contributed by atoms with Crippen LogP contribution in [0.15, 0.2) is 48.7 Å². The lowest BCUT2D eigenvalue weighted by molar-refractivity contribution is -0.384. The lowest BCUT2D eigenvalue weighted by Crippen LogP contribution is -2.07. The summed E-state index contributed by atoms with van der Waals surface area (Å²) in [6.07, 6.45) is 2.64. The number of rotatable bonds is 6. The molecule has 0 saturated carbocycles. The highest BCUT2D eigenvalue weighted by molar-refractivity contribution is 5.87. The Morgan fingerprint density at radius 1 is 1.24 bits per heavy atom. The van der Waals surface area contributed by atoms with E-state index in [0.29, 0.717) is 0 Å². The maximum absolute atomic E-state index is 11.4. The first-order chi connectivity index (χ1) is 12.0. The van der Waals surface area contributed by atoms with Crippen molar-refractivity contribution < 1.29 is 14.8 Å². The van der Waals surface area contributed by atoms with Gasteiger partial charge in [-0.05, 0) is 23.1 Å². The third-order valence-corrected chi connectivity index (χ3v) is 4.48. The van der Waals surface area contributed by atoms with Gasteiger partial charge in [0, 0.05) is 35.2 Å². The van der Waals surface area contributed by atoms with Crippen molar-refractivity contribution in [3.8, 4) is 0 Å². The average Bonchev–Trinajstić information content (AvgIpc) is 3.03. The number of H-pyrrole nitrogens is 1. The van der Waals surface area contributed by atoms with Crippen molar-refractivity contribution in [3.05, 3.63) is 75.5 Å². The minimum absolute atomic E-state index is 0.00924. The second-order valence-corrected chi connectivity index (χ2v) is 5.94. The number of nitrogens with one attached hydrogen (secondary N) is 1. The van der Waals surface area contributed by atoms with E-state index in [1.165, 1.54) is 17.7 Å². The highest BCUT2D eigenvalue weighted by Crippen LogP contribution is 2.35. The molecular formula is C19H18N2O4. The molecule has 1 aromatic heterocycles. The summed E-state index contributed by atoms with van der Waals surface area (Å²) in [4.78, 5) is 25.0. The summed E-state index contributed by atoms with van der Waals surface area (Å²) >= 11 is 0. The van der Waals surface area contributed by atoms with Crippen molar-refractivity contribution >= 4 is 22.6 Å². The molecule has 2 N–H and O–H groups in total. The number of nitro benzene ring substituents is 1.